The SMILES string of the molecule is CN1C[C@@H]2CCN(c3ncc(F)cn3)CC[C@@H]2S1(=O)=O. The average molecular weight is 300 g/mol. The normalized spacial score (nSPS) is 30.0. The Hall–Kier alpha value is -1.28. The number of aromatic nitrogens is 2. The van der Waals surface area contributed by atoms with Crippen LogP contribution in [0, 0.1) is 11.7 Å². The van der Waals surface area contributed by atoms with Gasteiger partial charge in [0.05, 0.1) is 17.6 Å². The Labute approximate surface area is 117 Å². The van der Waals surface area contributed by atoms with Crippen LogP contribution >= 0.6 is 0 Å². The highest BCUT2D eigenvalue weighted by Gasteiger charge is 2.45. The summed E-state index contributed by atoms with van der Waals surface area (Å²) < 4.78 is 38.7. The molecule has 0 radical (unpaired) electrons. The molecule has 2 atom stereocenters. The number of fused-ring (bicyclic) bond motifs is 1. The highest BCUT2D eigenvalue weighted by molar-refractivity contribution is 7.90. The zero-order valence-electron chi connectivity index (χ0n) is 11.2. The average Bonchev–Trinajstić information content (AvgIpc) is 2.58. The van der Waals surface area contributed by atoms with Crippen LogP contribution in [0.4, 0.5) is 10.3 Å². The zero-order valence-corrected chi connectivity index (χ0v) is 12.1. The Morgan fingerprint density at radius 1 is 1.25 bits per heavy atom. The van der Waals surface area contributed by atoms with Gasteiger partial charge in [-0.3, -0.25) is 0 Å². The van der Waals surface area contributed by atoms with E-state index in [2.05, 4.69) is 9.97 Å². The molecule has 110 valence electrons. The number of halogens is 1. The molecular formula is C12H17FN4O2S. The van der Waals surface area contributed by atoms with Crippen LogP contribution in [-0.2, 0) is 10.0 Å². The first kappa shape index (κ1) is 13.7. The standard InChI is InChI=1S/C12H17FN4O2S/c1-16-8-9-2-4-17(5-3-11(9)20(16,18)19)12-14-6-10(13)7-15-12/h6-7,9,11H,2-5,8H2,1H3/t9-,11-/m0/s1. The van der Waals surface area contributed by atoms with Gasteiger partial charge in [0.1, 0.15) is 0 Å². The summed E-state index contributed by atoms with van der Waals surface area (Å²) in [5.74, 6) is 0.164. The summed E-state index contributed by atoms with van der Waals surface area (Å²) in [7, 11) is -1.51. The van der Waals surface area contributed by atoms with Gasteiger partial charge in [-0.2, -0.15) is 0 Å². The molecule has 8 heteroatoms. The zero-order chi connectivity index (χ0) is 14.3. The molecule has 0 unspecified atom stereocenters. The first-order valence-corrected chi connectivity index (χ1v) is 8.16. The molecule has 0 bridgehead atoms. The van der Waals surface area contributed by atoms with Crippen LogP contribution in [-0.4, -0.2) is 54.6 Å². The van der Waals surface area contributed by atoms with Crippen molar-refractivity contribution in [2.24, 2.45) is 5.92 Å². The van der Waals surface area contributed by atoms with Crippen LogP contribution in [0.2, 0.25) is 0 Å². The smallest absolute Gasteiger partial charge is 0.225 e. The lowest BCUT2D eigenvalue weighted by Gasteiger charge is -2.20. The molecule has 2 fully saturated rings. The van der Waals surface area contributed by atoms with E-state index in [9.17, 15) is 12.8 Å². The summed E-state index contributed by atoms with van der Waals surface area (Å²) >= 11 is 0. The fourth-order valence-corrected chi connectivity index (χ4v) is 5.05. The van der Waals surface area contributed by atoms with Gasteiger partial charge >= 0.3 is 0 Å². The summed E-state index contributed by atoms with van der Waals surface area (Å²) in [5.41, 5.74) is 0. The molecule has 6 nitrogen and oxygen atoms in total. The minimum absolute atomic E-state index is 0.162. The molecule has 3 heterocycles. The van der Waals surface area contributed by atoms with E-state index in [4.69, 9.17) is 0 Å². The molecule has 20 heavy (non-hydrogen) atoms. The van der Waals surface area contributed by atoms with Crippen LogP contribution in [0.5, 0.6) is 0 Å². The van der Waals surface area contributed by atoms with Crippen LogP contribution < -0.4 is 4.90 Å². The van der Waals surface area contributed by atoms with E-state index in [1.807, 2.05) is 4.90 Å². The maximum absolute atomic E-state index is 12.8. The van der Waals surface area contributed by atoms with Crippen molar-refractivity contribution in [3.8, 4) is 0 Å². The van der Waals surface area contributed by atoms with Gasteiger partial charge in [-0.1, -0.05) is 0 Å². The predicted octanol–water partition coefficient (Wildman–Crippen LogP) is 0.476. The number of anilines is 1. The summed E-state index contributed by atoms with van der Waals surface area (Å²) in [4.78, 5) is 9.88. The fraction of sp³-hybridized carbons (Fsp3) is 0.667. The van der Waals surface area contributed by atoms with Crippen molar-refractivity contribution in [2.45, 2.75) is 18.1 Å². The van der Waals surface area contributed by atoms with Crippen LogP contribution in [0.1, 0.15) is 12.8 Å². The second-order valence-electron chi connectivity index (χ2n) is 5.39. The maximum atomic E-state index is 12.8. The Morgan fingerprint density at radius 3 is 2.60 bits per heavy atom. The summed E-state index contributed by atoms with van der Waals surface area (Å²) in [5, 5.41) is -0.307. The van der Waals surface area contributed by atoms with Gasteiger partial charge in [-0.25, -0.2) is 27.1 Å². The van der Waals surface area contributed by atoms with E-state index < -0.39 is 15.8 Å². The number of hydrogen-bond donors (Lipinski definition) is 0. The summed E-state index contributed by atoms with van der Waals surface area (Å²) in [6.45, 7) is 1.88. The van der Waals surface area contributed by atoms with Crippen LogP contribution in [0.25, 0.3) is 0 Å². The van der Waals surface area contributed by atoms with Gasteiger partial charge in [0.2, 0.25) is 16.0 Å². The minimum Gasteiger partial charge on any atom is -0.341 e. The highest BCUT2D eigenvalue weighted by atomic mass is 32.2. The summed E-state index contributed by atoms with van der Waals surface area (Å²) in [6.07, 6.45) is 3.63. The fourth-order valence-electron chi connectivity index (χ4n) is 3.07. The van der Waals surface area contributed by atoms with Crippen LogP contribution in [0.15, 0.2) is 12.4 Å². The highest BCUT2D eigenvalue weighted by Crippen LogP contribution is 2.33. The number of sulfonamides is 1. The topological polar surface area (TPSA) is 66.4 Å². The van der Waals surface area contributed by atoms with Crippen molar-refractivity contribution < 1.29 is 12.8 Å². The second kappa shape index (κ2) is 4.92. The Bertz CT molecular complexity index is 592. The minimum atomic E-state index is -3.16. The molecule has 1 aromatic rings. The maximum Gasteiger partial charge on any atom is 0.225 e. The predicted molar refractivity (Wildman–Crippen MR) is 72.3 cm³/mol. The van der Waals surface area contributed by atoms with E-state index in [1.165, 1.54) is 4.31 Å². The first-order chi connectivity index (χ1) is 9.48. The monoisotopic (exact) mass is 300 g/mol. The lowest BCUT2D eigenvalue weighted by Crippen LogP contribution is -2.30. The molecule has 2 aliphatic heterocycles. The van der Waals surface area contributed by atoms with E-state index >= 15 is 0 Å². The van der Waals surface area contributed by atoms with Gasteiger partial charge in [-0.05, 0) is 18.8 Å². The third-order valence-corrected chi connectivity index (χ3v) is 6.58. The van der Waals surface area contributed by atoms with Gasteiger partial charge in [0, 0.05) is 26.7 Å². The van der Waals surface area contributed by atoms with E-state index in [1.54, 1.807) is 7.05 Å². The second-order valence-corrected chi connectivity index (χ2v) is 7.65. The number of nitrogens with zero attached hydrogens (tertiary/aromatic N) is 4. The molecule has 0 amide bonds. The molecule has 0 aliphatic carbocycles. The third kappa shape index (κ3) is 2.26. The Balaban J connectivity index is 1.78. The van der Waals surface area contributed by atoms with E-state index in [-0.39, 0.29) is 11.2 Å². The lowest BCUT2D eigenvalue weighted by molar-refractivity contribution is 0.429. The van der Waals surface area contributed by atoms with Crippen molar-refractivity contribution in [3.63, 3.8) is 0 Å². The van der Waals surface area contributed by atoms with E-state index in [0.717, 1.165) is 18.8 Å². The molecule has 0 spiro atoms. The van der Waals surface area contributed by atoms with Gasteiger partial charge in [0.15, 0.2) is 5.82 Å². The molecule has 0 aromatic carbocycles. The molecule has 0 N–H and O–H groups in total. The molecule has 2 saturated heterocycles. The summed E-state index contributed by atoms with van der Waals surface area (Å²) in [6, 6.07) is 0. The first-order valence-electron chi connectivity index (χ1n) is 6.66. The van der Waals surface area contributed by atoms with Gasteiger partial charge in [0.25, 0.3) is 0 Å². The quantitative estimate of drug-likeness (QED) is 0.754. The van der Waals surface area contributed by atoms with Gasteiger partial charge < -0.3 is 4.90 Å². The largest absolute Gasteiger partial charge is 0.341 e. The third-order valence-electron chi connectivity index (χ3n) is 4.18. The van der Waals surface area contributed by atoms with E-state index in [0.29, 0.717) is 32.0 Å². The van der Waals surface area contributed by atoms with Crippen molar-refractivity contribution in [1.82, 2.24) is 14.3 Å². The van der Waals surface area contributed by atoms with Crippen molar-refractivity contribution >= 4 is 16.0 Å². The molecule has 0 saturated carbocycles. The molecule has 2 aliphatic rings. The van der Waals surface area contributed by atoms with Crippen LogP contribution in [0.3, 0.4) is 0 Å². The van der Waals surface area contributed by atoms with Crippen molar-refractivity contribution in [1.29, 1.82) is 0 Å². The molecular weight excluding hydrogens is 283 g/mol. The lowest BCUT2D eigenvalue weighted by atomic mass is 10.0. The molecule has 3 rings (SSSR count). The number of hydrogen-bond acceptors (Lipinski definition) is 5. The van der Waals surface area contributed by atoms with Crippen molar-refractivity contribution in [2.75, 3.05) is 31.6 Å². The van der Waals surface area contributed by atoms with Crippen molar-refractivity contribution in [3.05, 3.63) is 18.2 Å². The number of rotatable bonds is 1. The Morgan fingerprint density at radius 2 is 1.90 bits per heavy atom. The molecule has 1 aromatic heterocycles. The Kier molecular flexibility index (Phi) is 3.37. The van der Waals surface area contributed by atoms with Gasteiger partial charge in [-0.15, -0.1) is 0 Å².